The smallest absolute Gasteiger partial charge is 0.264 e. The molecule has 146 heavy (non-hydrogen) atoms. The molecule has 0 saturated heterocycles. The molecule has 27 rings (SSSR count). The second-order valence-corrected chi connectivity index (χ2v) is 38.4. The first-order valence-corrected chi connectivity index (χ1v) is 48.4. The van der Waals surface area contributed by atoms with Crippen LogP contribution in [0.15, 0.2) is 388 Å². The number of hydrogen-bond acceptors (Lipinski definition) is 11. The Bertz CT molecular complexity index is 8480. The molecule has 0 saturated carbocycles. The first-order chi connectivity index (χ1) is 71.3. The molecule has 0 amide bonds. The highest BCUT2D eigenvalue weighted by Gasteiger charge is 2.55. The van der Waals surface area contributed by atoms with Crippen molar-refractivity contribution in [2.75, 3.05) is 44.1 Å². The Balaban J connectivity index is 0.833. The van der Waals surface area contributed by atoms with E-state index < -0.39 is 136 Å². The number of nitrogens with zero attached hydrogens (tertiary/aromatic N) is 9. The molecule has 0 aliphatic carbocycles. The molecular formula is C118H64B3F14N9S2. The highest BCUT2D eigenvalue weighted by molar-refractivity contribution is 7.34. The Morgan fingerprint density at radius 1 is 0.171 bits per heavy atom. The van der Waals surface area contributed by atoms with Crippen LogP contribution in [0.5, 0.6) is 0 Å². The molecule has 0 radical (unpaired) electrons. The van der Waals surface area contributed by atoms with Crippen LogP contribution < -0.4 is 91.9 Å². The van der Waals surface area contributed by atoms with Gasteiger partial charge < -0.3 is 44.1 Å². The normalized spacial score (nSPS) is 13.2. The Labute approximate surface area is 834 Å². The van der Waals surface area contributed by atoms with Crippen LogP contribution >= 0.6 is 22.7 Å². The number of anilines is 27. The predicted octanol–water partition coefficient (Wildman–Crippen LogP) is 28.7. The molecular weight excluding hydrogens is 1910 g/mol. The van der Waals surface area contributed by atoms with Crippen LogP contribution in [-0.4, -0.2) is 20.1 Å². The number of fused-ring (bicyclic) bond motifs is 16. The van der Waals surface area contributed by atoms with Crippen molar-refractivity contribution in [1.29, 1.82) is 0 Å². The minimum absolute atomic E-state index is 0.0251. The third-order valence-electron chi connectivity index (χ3n) is 28.4. The molecule has 0 N–H and O–H groups in total. The number of para-hydroxylation sites is 12. The minimum Gasteiger partial charge on any atom is -0.310 e. The summed E-state index contributed by atoms with van der Waals surface area (Å²) in [5.74, 6) is -14.8. The summed E-state index contributed by atoms with van der Waals surface area (Å²) in [7, 11) is 0. The molecule has 28 heteroatoms. The molecule has 6 aliphatic rings. The molecule has 6 aliphatic heterocycles. The molecule has 8 heterocycles. The monoisotopic (exact) mass is 1970 g/mol. The van der Waals surface area contributed by atoms with Crippen molar-refractivity contribution in [2.24, 2.45) is 0 Å². The Hall–Kier alpha value is -17.5. The SMILES string of the molecule is Fc1ccccc1N1c2cc(N(c3ccccc3)c3c(F)cccc3F)cc3c2B(c2cc4c(cc2N3c2c(F)cccc2F)N(c2c(F)cccc2F)c2cc(N(c3ccccc3)c3ccccc3)cc3c2B4c2cc4c(cc2N3c2c(F)cccc2F)N(c2c(F)cccc2F)c2cc(N(c3ccccc3)c3c(F)cccc3F)cc3c2B4c2sc4ccccc4c2N3c2ccccc2F)c2sc3ccccc3c21. The Kier molecular flexibility index (Phi) is 20.1. The largest absolute Gasteiger partial charge is 0.310 e. The standard InChI is InChI=1S/C118H64B3F14N9S2/c122-78-37-15-17-51-92(78)139-100-57-70(137(67-31-9-3-10-32-67)111-80(124)39-21-40-81(111)125)59-102-107(100)120(117-109(139)72-35-13-19-53-104(72)145-117)76-61-74-94(63-96(76)143(102)115-88(132)47-25-48-89(115)133)141(113-84(128)43-23-44-85(113)129)98-55-69(136(65-27-5-1-6-28-65)66-29-7-2-8-30-66)56-99-106(98)119(74)75-62-77-97(64-95(75)142(99)114-86(130)45-24-46-87(114)131)144(116-90(134)49-26-50-91(116)135)103-60-71(138(68-33-11-4-12-34-68)112-82(126)41-22-42-83(112)127)58-101-108(103)121(77)118-110(73-36-14-20-54-105(73)146-118)140(101)93-52-18-16-38-79(93)123/h1-64H. The molecule has 0 unspecified atom stereocenters. The van der Waals surface area contributed by atoms with Crippen LogP contribution in [0.4, 0.5) is 215 Å². The quantitative estimate of drug-likeness (QED) is 0.0735. The van der Waals surface area contributed by atoms with E-state index in [4.69, 9.17) is 0 Å². The van der Waals surface area contributed by atoms with Gasteiger partial charge in [0, 0.05) is 109 Å². The summed E-state index contributed by atoms with van der Waals surface area (Å²) < 4.78 is 260. The fourth-order valence-corrected chi connectivity index (χ4v) is 25.3. The summed E-state index contributed by atoms with van der Waals surface area (Å²) in [4.78, 5) is 13.2. The fraction of sp³-hybridized carbons (Fsp3) is 0. The summed E-state index contributed by atoms with van der Waals surface area (Å²) in [6.45, 7) is -3.89. The summed E-state index contributed by atoms with van der Waals surface area (Å²) in [5, 5.41) is 1.16. The van der Waals surface area contributed by atoms with Gasteiger partial charge in [0.2, 0.25) is 0 Å². The van der Waals surface area contributed by atoms with E-state index in [0.717, 1.165) is 72.8 Å². The third kappa shape index (κ3) is 13.1. The molecule has 0 bridgehead atoms. The van der Waals surface area contributed by atoms with Gasteiger partial charge in [0.25, 0.3) is 20.1 Å². The number of hydrogen-bond donors (Lipinski definition) is 0. The lowest BCUT2D eigenvalue weighted by Gasteiger charge is -2.48. The summed E-state index contributed by atoms with van der Waals surface area (Å²) in [6.07, 6.45) is 0. The average molecular weight is 1970 g/mol. The van der Waals surface area contributed by atoms with Crippen molar-refractivity contribution in [3.8, 4) is 0 Å². The summed E-state index contributed by atoms with van der Waals surface area (Å²) in [5.41, 5.74) is -0.677. The van der Waals surface area contributed by atoms with E-state index in [1.807, 2.05) is 77.7 Å². The van der Waals surface area contributed by atoms with Crippen LogP contribution in [-0.2, 0) is 0 Å². The van der Waals surface area contributed by atoms with Gasteiger partial charge in [-0.3, -0.25) is 0 Å². The first kappa shape index (κ1) is 87.5. The van der Waals surface area contributed by atoms with Crippen LogP contribution in [0.1, 0.15) is 0 Å². The maximum absolute atomic E-state index is 19.1. The molecule has 2 aromatic heterocycles. The molecule has 9 nitrogen and oxygen atoms in total. The van der Waals surface area contributed by atoms with Crippen LogP contribution in [0.2, 0.25) is 0 Å². The third-order valence-corrected chi connectivity index (χ3v) is 30.8. The summed E-state index contributed by atoms with van der Waals surface area (Å²) in [6, 6.07) is 97.8. The van der Waals surface area contributed by atoms with Crippen molar-refractivity contribution in [3.05, 3.63) is 470 Å². The van der Waals surface area contributed by atoms with Crippen molar-refractivity contribution < 1.29 is 61.5 Å². The van der Waals surface area contributed by atoms with Gasteiger partial charge in [0.15, 0.2) is 0 Å². The molecule has 0 fully saturated rings. The van der Waals surface area contributed by atoms with Crippen molar-refractivity contribution in [1.82, 2.24) is 0 Å². The van der Waals surface area contributed by atoms with Crippen LogP contribution in [0.3, 0.4) is 0 Å². The van der Waals surface area contributed by atoms with E-state index in [9.17, 15) is 0 Å². The molecule has 0 atom stereocenters. The highest BCUT2D eigenvalue weighted by atomic mass is 32.1. The van der Waals surface area contributed by atoms with Gasteiger partial charge in [0.1, 0.15) is 116 Å². The molecule has 0 spiro atoms. The van der Waals surface area contributed by atoms with Crippen LogP contribution in [0.25, 0.3) is 20.2 Å². The van der Waals surface area contributed by atoms with Gasteiger partial charge >= 0.3 is 0 Å². The number of rotatable bonds is 15. The minimum atomic E-state index is -1.47. The zero-order chi connectivity index (χ0) is 98.8. The zero-order valence-electron chi connectivity index (χ0n) is 75.8. The van der Waals surface area contributed by atoms with E-state index >= 15 is 61.5 Å². The van der Waals surface area contributed by atoms with Gasteiger partial charge in [0.05, 0.1) is 39.8 Å². The van der Waals surface area contributed by atoms with Gasteiger partial charge in [-0.2, -0.15) is 0 Å². The van der Waals surface area contributed by atoms with E-state index in [0.29, 0.717) is 52.5 Å². The molecule has 21 aromatic rings. The lowest BCUT2D eigenvalue weighted by atomic mass is 9.30. The van der Waals surface area contributed by atoms with E-state index in [2.05, 4.69) is 0 Å². The Morgan fingerprint density at radius 2 is 0.397 bits per heavy atom. The first-order valence-electron chi connectivity index (χ1n) is 46.8. The lowest BCUT2D eigenvalue weighted by Crippen LogP contribution is -2.66. The number of benzene rings is 19. The zero-order valence-corrected chi connectivity index (χ0v) is 77.4. The van der Waals surface area contributed by atoms with Gasteiger partial charge in [-0.25, -0.2) is 61.5 Å². The number of halogens is 14. The lowest BCUT2D eigenvalue weighted by molar-refractivity contribution is 0.584. The summed E-state index contributed by atoms with van der Waals surface area (Å²) >= 11 is 2.64. The van der Waals surface area contributed by atoms with E-state index in [-0.39, 0.29) is 135 Å². The Morgan fingerprint density at radius 3 is 0.692 bits per heavy atom. The van der Waals surface area contributed by atoms with E-state index in [1.165, 1.54) is 113 Å². The maximum Gasteiger partial charge on any atom is 0.264 e. The van der Waals surface area contributed by atoms with Gasteiger partial charge in [-0.05, 0) is 244 Å². The van der Waals surface area contributed by atoms with Gasteiger partial charge in [-0.15, -0.1) is 22.7 Å². The molecule has 19 aromatic carbocycles. The van der Waals surface area contributed by atoms with Gasteiger partial charge in [-0.1, -0.05) is 182 Å². The highest BCUT2D eigenvalue weighted by Crippen LogP contribution is 2.59. The molecule has 700 valence electrons. The number of thiophene rings is 2. The topological polar surface area (TPSA) is 29.2 Å². The predicted molar refractivity (Wildman–Crippen MR) is 563 cm³/mol. The second-order valence-electron chi connectivity index (χ2n) is 36.2. The van der Waals surface area contributed by atoms with Crippen molar-refractivity contribution in [3.63, 3.8) is 0 Å². The van der Waals surface area contributed by atoms with Crippen molar-refractivity contribution in [2.45, 2.75) is 0 Å². The van der Waals surface area contributed by atoms with E-state index in [1.54, 1.807) is 192 Å². The average Bonchev–Trinajstić information content (AvgIpc) is 0.770. The maximum atomic E-state index is 19.1. The second kappa shape index (κ2) is 33.6. The van der Waals surface area contributed by atoms with Crippen molar-refractivity contribution >= 4 is 264 Å². The fourth-order valence-electron chi connectivity index (χ4n) is 22.7. The van der Waals surface area contributed by atoms with Crippen LogP contribution in [0, 0.1) is 81.4 Å².